The van der Waals surface area contributed by atoms with Crippen molar-refractivity contribution in [3.8, 4) is 0 Å². The highest BCUT2D eigenvalue weighted by molar-refractivity contribution is 5.82. The minimum atomic E-state index is 0.0326. The zero-order valence-electron chi connectivity index (χ0n) is 12.0. The molecule has 1 atom stereocenters. The van der Waals surface area contributed by atoms with Gasteiger partial charge in [-0.25, -0.2) is 0 Å². The molecule has 1 amide bonds. The average Bonchev–Trinajstić information content (AvgIpc) is 2.78. The summed E-state index contributed by atoms with van der Waals surface area (Å²) in [6, 6.07) is 8.27. The van der Waals surface area contributed by atoms with Crippen molar-refractivity contribution in [2.45, 2.75) is 12.3 Å². The van der Waals surface area contributed by atoms with Crippen molar-refractivity contribution < 1.29 is 9.53 Å². The Hall–Kier alpha value is -1.59. The predicted octanol–water partition coefficient (Wildman–Crippen LogP) is 0.702. The van der Waals surface area contributed by atoms with Crippen molar-refractivity contribution >= 4 is 11.6 Å². The molecule has 0 radical (unpaired) electrons. The monoisotopic (exact) mass is 277 g/mol. The molecule has 1 aliphatic rings. The molecule has 0 fully saturated rings. The van der Waals surface area contributed by atoms with E-state index in [1.165, 1.54) is 5.56 Å². The van der Waals surface area contributed by atoms with E-state index in [9.17, 15) is 4.79 Å². The van der Waals surface area contributed by atoms with E-state index >= 15 is 0 Å². The molecule has 0 aromatic heterocycles. The van der Waals surface area contributed by atoms with Crippen LogP contribution in [0.4, 0.5) is 5.69 Å². The van der Waals surface area contributed by atoms with Crippen molar-refractivity contribution in [3.63, 3.8) is 0 Å². The highest BCUT2D eigenvalue weighted by Crippen LogP contribution is 2.37. The van der Waals surface area contributed by atoms with Gasteiger partial charge in [-0.15, -0.1) is 0 Å². The number of ether oxygens (including phenoxy) is 1. The Labute approximate surface area is 120 Å². The number of amides is 1. The van der Waals surface area contributed by atoms with Gasteiger partial charge in [0.25, 0.3) is 0 Å². The smallest absolute Gasteiger partial charge is 0.239 e. The maximum absolute atomic E-state index is 11.9. The van der Waals surface area contributed by atoms with Crippen molar-refractivity contribution in [1.29, 1.82) is 0 Å². The van der Waals surface area contributed by atoms with Crippen LogP contribution in [0, 0.1) is 0 Å². The quantitative estimate of drug-likeness (QED) is 0.720. The largest absolute Gasteiger partial charge is 0.383 e. The number of nitrogens with zero attached hydrogens (tertiary/aromatic N) is 1. The summed E-state index contributed by atoms with van der Waals surface area (Å²) in [4.78, 5) is 14.1. The van der Waals surface area contributed by atoms with Crippen LogP contribution in [0.5, 0.6) is 0 Å². The van der Waals surface area contributed by atoms with Gasteiger partial charge in [-0.1, -0.05) is 18.2 Å². The van der Waals surface area contributed by atoms with Gasteiger partial charge >= 0.3 is 0 Å². The van der Waals surface area contributed by atoms with Gasteiger partial charge in [-0.2, -0.15) is 0 Å². The van der Waals surface area contributed by atoms with Crippen LogP contribution in [0.2, 0.25) is 0 Å². The topological polar surface area (TPSA) is 67.6 Å². The summed E-state index contributed by atoms with van der Waals surface area (Å²) in [5.41, 5.74) is 8.15. The summed E-state index contributed by atoms with van der Waals surface area (Å²) >= 11 is 0. The van der Waals surface area contributed by atoms with Gasteiger partial charge in [-0.3, -0.25) is 4.79 Å². The zero-order chi connectivity index (χ0) is 14.4. The molecule has 5 nitrogen and oxygen atoms in total. The first kappa shape index (κ1) is 14.8. The third-order valence-corrected chi connectivity index (χ3v) is 3.64. The summed E-state index contributed by atoms with van der Waals surface area (Å²) < 4.78 is 4.93. The van der Waals surface area contributed by atoms with E-state index in [2.05, 4.69) is 22.3 Å². The van der Waals surface area contributed by atoms with Gasteiger partial charge in [0.05, 0.1) is 13.2 Å². The number of anilines is 1. The van der Waals surface area contributed by atoms with Crippen LogP contribution in [0.3, 0.4) is 0 Å². The summed E-state index contributed by atoms with van der Waals surface area (Å²) in [5, 5.41) is 2.86. The van der Waals surface area contributed by atoms with Gasteiger partial charge in [0, 0.05) is 31.8 Å². The van der Waals surface area contributed by atoms with Crippen LogP contribution in [0.25, 0.3) is 0 Å². The van der Waals surface area contributed by atoms with Crippen molar-refractivity contribution in [2.75, 3.05) is 44.8 Å². The van der Waals surface area contributed by atoms with Gasteiger partial charge < -0.3 is 20.7 Å². The second kappa shape index (κ2) is 7.26. The van der Waals surface area contributed by atoms with Crippen LogP contribution in [-0.2, 0) is 9.53 Å². The normalized spacial score (nSPS) is 17.1. The number of benzene rings is 1. The Morgan fingerprint density at radius 3 is 3.05 bits per heavy atom. The molecule has 1 heterocycles. The molecule has 20 heavy (non-hydrogen) atoms. The van der Waals surface area contributed by atoms with Crippen molar-refractivity contribution in [3.05, 3.63) is 29.8 Å². The standard InChI is InChI=1S/C15H23N3O2/c1-20-9-8-17-15(19)11-18-10-12(6-7-16)13-4-2-3-5-14(13)18/h2-5,12H,6-11,16H2,1H3,(H,17,19). The fraction of sp³-hybridized carbons (Fsp3) is 0.533. The molecule has 0 saturated carbocycles. The number of methoxy groups -OCH3 is 1. The fourth-order valence-electron chi connectivity index (χ4n) is 2.70. The third-order valence-electron chi connectivity index (χ3n) is 3.64. The van der Waals surface area contributed by atoms with Crippen LogP contribution < -0.4 is 16.0 Å². The lowest BCUT2D eigenvalue weighted by Gasteiger charge is -2.19. The van der Waals surface area contributed by atoms with Crippen molar-refractivity contribution in [2.24, 2.45) is 5.73 Å². The molecular formula is C15H23N3O2. The SMILES string of the molecule is COCCNC(=O)CN1CC(CCN)c2ccccc21. The average molecular weight is 277 g/mol. The molecule has 1 aromatic rings. The molecule has 0 saturated heterocycles. The van der Waals surface area contributed by atoms with E-state index in [1.54, 1.807) is 7.11 Å². The molecule has 2 rings (SSSR count). The van der Waals surface area contributed by atoms with Crippen LogP contribution in [0.1, 0.15) is 17.9 Å². The predicted molar refractivity (Wildman–Crippen MR) is 80.0 cm³/mol. The minimum Gasteiger partial charge on any atom is -0.383 e. The number of rotatable bonds is 7. The first-order chi connectivity index (χ1) is 9.76. The highest BCUT2D eigenvalue weighted by Gasteiger charge is 2.28. The fourth-order valence-corrected chi connectivity index (χ4v) is 2.70. The Morgan fingerprint density at radius 2 is 2.30 bits per heavy atom. The molecular weight excluding hydrogens is 254 g/mol. The number of nitrogens with one attached hydrogen (secondary N) is 1. The molecule has 110 valence electrons. The number of para-hydroxylation sites is 1. The summed E-state index contributed by atoms with van der Waals surface area (Å²) in [5.74, 6) is 0.466. The molecule has 3 N–H and O–H groups in total. The van der Waals surface area contributed by atoms with Crippen LogP contribution in [-0.4, -0.2) is 45.8 Å². The lowest BCUT2D eigenvalue weighted by atomic mass is 9.98. The van der Waals surface area contributed by atoms with E-state index in [-0.39, 0.29) is 5.91 Å². The van der Waals surface area contributed by atoms with Gasteiger partial charge in [0.1, 0.15) is 0 Å². The van der Waals surface area contributed by atoms with Gasteiger partial charge in [-0.05, 0) is 24.6 Å². The minimum absolute atomic E-state index is 0.0326. The Kier molecular flexibility index (Phi) is 5.38. The highest BCUT2D eigenvalue weighted by atomic mass is 16.5. The molecule has 0 bridgehead atoms. The first-order valence-corrected chi connectivity index (χ1v) is 7.05. The molecule has 1 aliphatic heterocycles. The van der Waals surface area contributed by atoms with E-state index < -0.39 is 0 Å². The third kappa shape index (κ3) is 3.49. The molecule has 0 aliphatic carbocycles. The van der Waals surface area contributed by atoms with Gasteiger partial charge in [0.15, 0.2) is 0 Å². The first-order valence-electron chi connectivity index (χ1n) is 7.05. The number of fused-ring (bicyclic) bond motifs is 1. The van der Waals surface area contributed by atoms with E-state index in [0.29, 0.717) is 32.2 Å². The maximum Gasteiger partial charge on any atom is 0.239 e. The lowest BCUT2D eigenvalue weighted by Crippen LogP contribution is -2.38. The summed E-state index contributed by atoms with van der Waals surface area (Å²) in [6.45, 7) is 3.03. The van der Waals surface area contributed by atoms with Crippen LogP contribution >= 0.6 is 0 Å². The zero-order valence-corrected chi connectivity index (χ0v) is 12.0. The number of hydrogen-bond acceptors (Lipinski definition) is 4. The molecule has 1 unspecified atom stereocenters. The van der Waals surface area contributed by atoms with E-state index in [4.69, 9.17) is 10.5 Å². The number of nitrogens with two attached hydrogens (primary N) is 1. The number of carbonyl (C=O) groups is 1. The maximum atomic E-state index is 11.9. The van der Waals surface area contributed by atoms with Gasteiger partial charge in [0.2, 0.25) is 5.91 Å². The molecule has 5 heteroatoms. The summed E-state index contributed by atoms with van der Waals surface area (Å²) in [7, 11) is 1.63. The van der Waals surface area contributed by atoms with Crippen LogP contribution in [0.15, 0.2) is 24.3 Å². The molecule has 1 aromatic carbocycles. The number of carbonyl (C=O) groups excluding carboxylic acids is 1. The Bertz CT molecular complexity index is 450. The molecule has 0 spiro atoms. The number of hydrogen-bond donors (Lipinski definition) is 2. The lowest BCUT2D eigenvalue weighted by molar-refractivity contribution is -0.119. The van der Waals surface area contributed by atoms with Crippen molar-refractivity contribution in [1.82, 2.24) is 5.32 Å². The second-order valence-electron chi connectivity index (χ2n) is 5.06. The summed E-state index contributed by atoms with van der Waals surface area (Å²) in [6.07, 6.45) is 0.957. The second-order valence-corrected chi connectivity index (χ2v) is 5.06. The Balaban J connectivity index is 1.98. The Morgan fingerprint density at radius 1 is 1.50 bits per heavy atom. The van der Waals surface area contributed by atoms with E-state index in [0.717, 1.165) is 18.7 Å². The van der Waals surface area contributed by atoms with E-state index in [1.807, 2.05) is 12.1 Å².